The van der Waals surface area contributed by atoms with Crippen LogP contribution in [0.15, 0.2) is 0 Å². The summed E-state index contributed by atoms with van der Waals surface area (Å²) in [7, 11) is 0. The fraction of sp³-hybridized carbons (Fsp3) is 0.778. The summed E-state index contributed by atoms with van der Waals surface area (Å²) in [6.07, 6.45) is 8.06. The molecule has 0 aliphatic heterocycles. The predicted molar refractivity (Wildman–Crippen MR) is 43.6 cm³/mol. The molecule has 1 heteroatoms. The largest absolute Gasteiger partial charge is 0.396 e. The molecule has 0 aromatic carbocycles. The van der Waals surface area contributed by atoms with E-state index in [0.29, 0.717) is 0 Å². The summed E-state index contributed by atoms with van der Waals surface area (Å²) >= 11 is 0. The van der Waals surface area contributed by atoms with Gasteiger partial charge in [0.15, 0.2) is 0 Å². The van der Waals surface area contributed by atoms with E-state index in [-0.39, 0.29) is 12.0 Å². The Morgan fingerprint density at radius 2 is 2.20 bits per heavy atom. The van der Waals surface area contributed by atoms with Crippen molar-refractivity contribution in [3.05, 3.63) is 0 Å². The van der Waals surface area contributed by atoms with E-state index < -0.39 is 0 Å². The van der Waals surface area contributed by atoms with Crippen LogP contribution < -0.4 is 0 Å². The van der Waals surface area contributed by atoms with Crippen LogP contribution >= 0.6 is 0 Å². The number of aliphatic hydroxyl groups is 1. The zero-order chi connectivity index (χ0) is 8.04. The van der Waals surface area contributed by atoms with E-state index in [9.17, 15) is 0 Å². The highest BCUT2D eigenvalue weighted by Crippen LogP contribution is 2.25. The van der Waals surface area contributed by atoms with Crippen molar-refractivity contribution in [3.63, 3.8) is 0 Å². The van der Waals surface area contributed by atoms with Gasteiger partial charge in [-0.2, -0.15) is 0 Å². The third-order valence-corrected chi connectivity index (χ3v) is 2.02. The van der Waals surface area contributed by atoms with Crippen molar-refractivity contribution < 1.29 is 5.11 Å². The summed E-state index contributed by atoms with van der Waals surface area (Å²) in [6, 6.07) is 0. The minimum Gasteiger partial charge on any atom is -0.396 e. The van der Waals surface area contributed by atoms with Gasteiger partial charge in [-0.3, -0.25) is 0 Å². The molecule has 0 radical (unpaired) electrons. The maximum Gasteiger partial charge on any atom is 0.0431 e. The molecule has 0 aliphatic rings. The van der Waals surface area contributed by atoms with Crippen molar-refractivity contribution in [1.29, 1.82) is 0 Å². The minimum atomic E-state index is 0.00271. The second-order valence-electron chi connectivity index (χ2n) is 2.89. The normalized spacial score (nSPS) is 15.8. The van der Waals surface area contributed by atoms with Gasteiger partial charge in [0.2, 0.25) is 0 Å². The van der Waals surface area contributed by atoms with Gasteiger partial charge in [0.05, 0.1) is 0 Å². The van der Waals surface area contributed by atoms with Gasteiger partial charge >= 0.3 is 0 Å². The predicted octanol–water partition coefficient (Wildman–Crippen LogP) is 1.81. The van der Waals surface area contributed by atoms with E-state index in [4.69, 9.17) is 11.5 Å². The summed E-state index contributed by atoms with van der Waals surface area (Å²) in [4.78, 5) is 0. The van der Waals surface area contributed by atoms with Crippen LogP contribution in [0.25, 0.3) is 0 Å². The smallest absolute Gasteiger partial charge is 0.0431 e. The van der Waals surface area contributed by atoms with E-state index >= 15 is 0 Å². The molecular formula is C9H16O. The van der Waals surface area contributed by atoms with Crippen LogP contribution in [0.2, 0.25) is 0 Å². The summed E-state index contributed by atoms with van der Waals surface area (Å²) in [5.74, 6) is 2.75. The minimum absolute atomic E-state index is 0.00271. The highest BCUT2D eigenvalue weighted by molar-refractivity contribution is 5.02. The lowest BCUT2D eigenvalue weighted by molar-refractivity contribution is 0.257. The molecule has 10 heavy (non-hydrogen) atoms. The second-order valence-corrected chi connectivity index (χ2v) is 2.89. The summed E-state index contributed by atoms with van der Waals surface area (Å²) in [5.41, 5.74) is 0.00271. The van der Waals surface area contributed by atoms with Gasteiger partial charge in [-0.25, -0.2) is 0 Å². The first-order chi connectivity index (χ1) is 4.68. The van der Waals surface area contributed by atoms with E-state index in [0.717, 1.165) is 19.3 Å². The third kappa shape index (κ3) is 2.89. The van der Waals surface area contributed by atoms with Gasteiger partial charge < -0.3 is 5.11 Å². The molecule has 0 heterocycles. The Morgan fingerprint density at radius 1 is 1.60 bits per heavy atom. The molecule has 1 unspecified atom stereocenters. The molecule has 0 spiro atoms. The van der Waals surface area contributed by atoms with Gasteiger partial charge in [0.1, 0.15) is 0 Å². The molecule has 0 saturated carbocycles. The summed E-state index contributed by atoms with van der Waals surface area (Å²) in [6.45, 7) is 4.39. The van der Waals surface area contributed by atoms with Crippen molar-refractivity contribution in [2.24, 2.45) is 5.41 Å². The van der Waals surface area contributed by atoms with E-state index in [2.05, 4.69) is 19.8 Å². The molecule has 1 atom stereocenters. The first-order valence-corrected chi connectivity index (χ1v) is 3.77. The average Bonchev–Trinajstić information content (AvgIpc) is 2.00. The Morgan fingerprint density at radius 3 is 2.50 bits per heavy atom. The molecule has 0 fully saturated rings. The first kappa shape index (κ1) is 9.52. The second kappa shape index (κ2) is 4.35. The van der Waals surface area contributed by atoms with Crippen molar-refractivity contribution >= 4 is 0 Å². The highest BCUT2D eigenvalue weighted by Gasteiger charge is 2.16. The Bertz CT molecular complexity index is 123. The molecular weight excluding hydrogens is 124 g/mol. The van der Waals surface area contributed by atoms with Gasteiger partial charge in [-0.05, 0) is 26.2 Å². The standard InChI is InChI=1S/C9H16O/c1-4-9(3,5-2)7-6-8-10/h1,10H,5-8H2,2-3H3. The monoisotopic (exact) mass is 140 g/mol. The zero-order valence-corrected chi connectivity index (χ0v) is 6.85. The molecule has 0 aromatic rings. The van der Waals surface area contributed by atoms with Gasteiger partial charge in [-0.15, -0.1) is 12.3 Å². The Balaban J connectivity index is 3.72. The molecule has 1 N–H and O–H groups in total. The highest BCUT2D eigenvalue weighted by atomic mass is 16.2. The number of hydrogen-bond acceptors (Lipinski definition) is 1. The third-order valence-electron chi connectivity index (χ3n) is 2.02. The quantitative estimate of drug-likeness (QED) is 0.590. The van der Waals surface area contributed by atoms with Crippen LogP contribution in [-0.2, 0) is 0 Å². The molecule has 58 valence electrons. The van der Waals surface area contributed by atoms with Crippen LogP contribution in [0.4, 0.5) is 0 Å². The average molecular weight is 140 g/mol. The lowest BCUT2D eigenvalue weighted by Crippen LogP contribution is -2.12. The maximum absolute atomic E-state index is 8.55. The molecule has 0 aliphatic carbocycles. The number of rotatable bonds is 4. The maximum atomic E-state index is 8.55. The van der Waals surface area contributed by atoms with Crippen molar-refractivity contribution in [1.82, 2.24) is 0 Å². The van der Waals surface area contributed by atoms with Crippen LogP contribution in [-0.4, -0.2) is 11.7 Å². The fourth-order valence-corrected chi connectivity index (χ4v) is 0.820. The molecule has 0 amide bonds. The SMILES string of the molecule is C#CC(C)(CC)CCCO. The Labute approximate surface area is 63.5 Å². The van der Waals surface area contributed by atoms with E-state index in [1.165, 1.54) is 0 Å². The number of terminal acetylenes is 1. The fourth-order valence-electron chi connectivity index (χ4n) is 0.820. The number of hydrogen-bond donors (Lipinski definition) is 1. The van der Waals surface area contributed by atoms with Crippen LogP contribution in [0.5, 0.6) is 0 Å². The first-order valence-electron chi connectivity index (χ1n) is 3.77. The molecule has 0 saturated heterocycles. The molecule has 1 nitrogen and oxygen atoms in total. The van der Waals surface area contributed by atoms with Crippen LogP contribution in [0.1, 0.15) is 33.1 Å². The van der Waals surface area contributed by atoms with Gasteiger partial charge in [0.25, 0.3) is 0 Å². The van der Waals surface area contributed by atoms with Crippen molar-refractivity contribution in [2.75, 3.05) is 6.61 Å². The topological polar surface area (TPSA) is 20.2 Å². The van der Waals surface area contributed by atoms with Gasteiger partial charge in [-0.1, -0.05) is 6.92 Å². The van der Waals surface area contributed by atoms with E-state index in [1.807, 2.05) is 0 Å². The lowest BCUT2D eigenvalue weighted by Gasteiger charge is -2.20. The Kier molecular flexibility index (Phi) is 4.14. The van der Waals surface area contributed by atoms with Crippen LogP contribution in [0.3, 0.4) is 0 Å². The van der Waals surface area contributed by atoms with Crippen molar-refractivity contribution in [3.8, 4) is 12.3 Å². The van der Waals surface area contributed by atoms with Gasteiger partial charge in [0, 0.05) is 12.0 Å². The zero-order valence-electron chi connectivity index (χ0n) is 6.85. The van der Waals surface area contributed by atoms with Crippen molar-refractivity contribution in [2.45, 2.75) is 33.1 Å². The summed E-state index contributed by atoms with van der Waals surface area (Å²) in [5, 5.41) is 8.55. The lowest BCUT2D eigenvalue weighted by atomic mass is 9.84. The summed E-state index contributed by atoms with van der Waals surface area (Å²) < 4.78 is 0. The molecule has 0 rings (SSSR count). The van der Waals surface area contributed by atoms with E-state index in [1.54, 1.807) is 0 Å². The van der Waals surface area contributed by atoms with Crippen LogP contribution in [0, 0.1) is 17.8 Å². The molecule has 0 bridgehead atoms. The molecule has 0 aromatic heterocycles. The Hall–Kier alpha value is -0.480. The number of aliphatic hydroxyl groups excluding tert-OH is 1.